The Morgan fingerprint density at radius 2 is 1.94 bits per heavy atom. The van der Waals surface area contributed by atoms with Crippen molar-refractivity contribution < 1.29 is 4.39 Å². The van der Waals surface area contributed by atoms with Crippen LogP contribution >= 0.6 is 11.3 Å². The molecule has 1 atom stereocenters. The van der Waals surface area contributed by atoms with E-state index in [-0.39, 0.29) is 5.82 Å². The zero-order valence-corrected chi connectivity index (χ0v) is 18.6. The molecule has 1 aromatic heterocycles. The van der Waals surface area contributed by atoms with Crippen LogP contribution in [0.4, 0.5) is 20.8 Å². The SMILES string of the molecule is Cc1nc2c(s1)Nc1ccccc1N=C2N1CCN(C)C(CCc2ccc(F)cc2)C1. The molecule has 2 aromatic carbocycles. The fraction of sp³-hybridized carbons (Fsp3) is 0.333. The van der Waals surface area contributed by atoms with E-state index in [0.717, 1.165) is 65.4 Å². The van der Waals surface area contributed by atoms with Crippen molar-refractivity contribution in [3.05, 3.63) is 70.6 Å². The number of aromatic nitrogens is 1. The molecule has 7 heteroatoms. The third-order valence-electron chi connectivity index (χ3n) is 6.08. The van der Waals surface area contributed by atoms with E-state index in [2.05, 4.69) is 28.2 Å². The van der Waals surface area contributed by atoms with Gasteiger partial charge in [0.15, 0.2) is 5.84 Å². The van der Waals surface area contributed by atoms with Crippen LogP contribution in [0, 0.1) is 12.7 Å². The second-order valence-corrected chi connectivity index (χ2v) is 9.44. The molecule has 5 nitrogen and oxygen atoms in total. The number of hydrogen-bond donors (Lipinski definition) is 1. The number of benzene rings is 2. The summed E-state index contributed by atoms with van der Waals surface area (Å²) in [5, 5.41) is 5.63. The molecule has 3 heterocycles. The fourth-order valence-corrected chi connectivity index (χ4v) is 5.11. The summed E-state index contributed by atoms with van der Waals surface area (Å²) < 4.78 is 13.2. The predicted octanol–water partition coefficient (Wildman–Crippen LogP) is 4.97. The summed E-state index contributed by atoms with van der Waals surface area (Å²) in [4.78, 5) is 14.7. The average Bonchev–Trinajstić information content (AvgIpc) is 3.06. The van der Waals surface area contributed by atoms with Crippen LogP contribution in [0.25, 0.3) is 0 Å². The minimum Gasteiger partial charge on any atom is -0.352 e. The van der Waals surface area contributed by atoms with Crippen molar-refractivity contribution in [1.29, 1.82) is 0 Å². The molecule has 0 spiro atoms. The van der Waals surface area contributed by atoms with Crippen LogP contribution in [0.2, 0.25) is 0 Å². The lowest BCUT2D eigenvalue weighted by Crippen LogP contribution is -2.53. The third-order valence-corrected chi connectivity index (χ3v) is 6.97. The Balaban J connectivity index is 1.40. The van der Waals surface area contributed by atoms with Crippen molar-refractivity contribution in [2.75, 3.05) is 32.0 Å². The Kier molecular flexibility index (Phi) is 5.46. The molecule has 1 saturated heterocycles. The van der Waals surface area contributed by atoms with E-state index >= 15 is 0 Å². The molecule has 1 N–H and O–H groups in total. The number of hydrogen-bond acceptors (Lipinski definition) is 6. The van der Waals surface area contributed by atoms with E-state index in [9.17, 15) is 4.39 Å². The summed E-state index contributed by atoms with van der Waals surface area (Å²) in [5.74, 6) is 0.774. The number of anilines is 2. The van der Waals surface area contributed by atoms with E-state index < -0.39 is 0 Å². The number of thiazole rings is 1. The standard InChI is InChI=1S/C24H26FN5S/c1-16-26-22-23(27-20-5-3-4-6-21(20)28-24(22)31-16)30-14-13-29(2)19(15-30)12-9-17-7-10-18(25)11-8-17/h3-8,10-11,19,28H,9,12-15H2,1-2H3. The van der Waals surface area contributed by atoms with Gasteiger partial charge in [0, 0.05) is 25.7 Å². The number of likely N-dealkylation sites (N-methyl/N-ethyl adjacent to an activating group) is 1. The topological polar surface area (TPSA) is 43.8 Å². The Bertz CT molecular complexity index is 1110. The van der Waals surface area contributed by atoms with Gasteiger partial charge in [-0.3, -0.25) is 4.90 Å². The van der Waals surface area contributed by atoms with Gasteiger partial charge < -0.3 is 10.2 Å². The summed E-state index contributed by atoms with van der Waals surface area (Å²) in [5.41, 5.74) is 4.08. The predicted molar refractivity (Wildman–Crippen MR) is 125 cm³/mol. The maximum Gasteiger partial charge on any atom is 0.158 e. The highest BCUT2D eigenvalue weighted by molar-refractivity contribution is 7.16. The zero-order chi connectivity index (χ0) is 21.4. The van der Waals surface area contributed by atoms with E-state index in [4.69, 9.17) is 9.98 Å². The van der Waals surface area contributed by atoms with Gasteiger partial charge in [-0.05, 0) is 56.6 Å². The number of rotatable bonds is 3. The molecular formula is C24H26FN5S. The highest BCUT2D eigenvalue weighted by Gasteiger charge is 2.30. The maximum absolute atomic E-state index is 13.2. The first-order valence-electron chi connectivity index (χ1n) is 10.7. The van der Waals surface area contributed by atoms with Crippen LogP contribution in [0.1, 0.15) is 22.7 Å². The first-order chi connectivity index (χ1) is 15.1. The summed E-state index contributed by atoms with van der Waals surface area (Å²) in [6, 6.07) is 15.4. The molecule has 0 radical (unpaired) electrons. The molecule has 0 amide bonds. The van der Waals surface area contributed by atoms with Gasteiger partial charge in [-0.1, -0.05) is 24.3 Å². The molecule has 3 aromatic rings. The largest absolute Gasteiger partial charge is 0.352 e. The van der Waals surface area contributed by atoms with Gasteiger partial charge in [0.25, 0.3) is 0 Å². The van der Waals surface area contributed by atoms with Crippen molar-refractivity contribution in [2.24, 2.45) is 4.99 Å². The van der Waals surface area contributed by atoms with Gasteiger partial charge in [-0.2, -0.15) is 0 Å². The lowest BCUT2D eigenvalue weighted by molar-refractivity contribution is 0.134. The number of halogens is 1. The Labute approximate surface area is 186 Å². The van der Waals surface area contributed by atoms with Crippen LogP contribution in [-0.2, 0) is 6.42 Å². The molecular weight excluding hydrogens is 409 g/mol. The van der Waals surface area contributed by atoms with E-state index in [1.165, 1.54) is 5.56 Å². The number of piperazine rings is 1. The summed E-state index contributed by atoms with van der Waals surface area (Å²) in [7, 11) is 2.19. The number of nitrogens with one attached hydrogen (secondary N) is 1. The van der Waals surface area contributed by atoms with Gasteiger partial charge in [-0.25, -0.2) is 14.4 Å². The maximum atomic E-state index is 13.2. The molecule has 2 aliphatic rings. The number of fused-ring (bicyclic) bond motifs is 2. The Morgan fingerprint density at radius 3 is 2.77 bits per heavy atom. The van der Waals surface area contributed by atoms with Gasteiger partial charge in [0.1, 0.15) is 16.5 Å². The van der Waals surface area contributed by atoms with Crippen LogP contribution in [0.3, 0.4) is 0 Å². The number of aryl methyl sites for hydroxylation is 2. The average molecular weight is 436 g/mol. The molecule has 2 aliphatic heterocycles. The minimum absolute atomic E-state index is 0.181. The highest BCUT2D eigenvalue weighted by atomic mass is 32.1. The van der Waals surface area contributed by atoms with Crippen LogP contribution in [0.15, 0.2) is 53.5 Å². The summed E-state index contributed by atoms with van der Waals surface area (Å²) in [6.45, 7) is 4.83. The lowest BCUT2D eigenvalue weighted by Gasteiger charge is -2.40. The van der Waals surface area contributed by atoms with Gasteiger partial charge in [0.2, 0.25) is 0 Å². The highest BCUT2D eigenvalue weighted by Crippen LogP contribution is 2.37. The number of para-hydroxylation sites is 2. The molecule has 1 fully saturated rings. The van der Waals surface area contributed by atoms with Gasteiger partial charge >= 0.3 is 0 Å². The van der Waals surface area contributed by atoms with Crippen molar-refractivity contribution in [3.63, 3.8) is 0 Å². The quantitative estimate of drug-likeness (QED) is 0.631. The number of amidine groups is 1. The molecule has 1 unspecified atom stereocenters. The van der Waals surface area contributed by atoms with Crippen LogP contribution in [0.5, 0.6) is 0 Å². The molecule has 0 saturated carbocycles. The van der Waals surface area contributed by atoms with E-state index in [1.54, 1.807) is 23.5 Å². The van der Waals surface area contributed by atoms with Gasteiger partial charge in [0.05, 0.1) is 16.4 Å². The van der Waals surface area contributed by atoms with Crippen LogP contribution in [-0.4, -0.2) is 53.3 Å². The first-order valence-corrected chi connectivity index (χ1v) is 11.5. The van der Waals surface area contributed by atoms with Crippen molar-refractivity contribution >= 4 is 33.5 Å². The monoisotopic (exact) mass is 435 g/mol. The summed E-state index contributed by atoms with van der Waals surface area (Å²) in [6.07, 6.45) is 1.95. The molecule has 0 aliphatic carbocycles. The van der Waals surface area contributed by atoms with Crippen molar-refractivity contribution in [3.8, 4) is 0 Å². The van der Waals surface area contributed by atoms with E-state index in [1.807, 2.05) is 37.3 Å². The lowest BCUT2D eigenvalue weighted by atomic mass is 10.0. The Morgan fingerprint density at radius 1 is 1.13 bits per heavy atom. The van der Waals surface area contributed by atoms with Crippen molar-refractivity contribution in [1.82, 2.24) is 14.8 Å². The summed E-state index contributed by atoms with van der Waals surface area (Å²) >= 11 is 1.67. The van der Waals surface area contributed by atoms with Crippen molar-refractivity contribution in [2.45, 2.75) is 25.8 Å². The van der Waals surface area contributed by atoms with E-state index in [0.29, 0.717) is 6.04 Å². The normalized spacial score (nSPS) is 18.6. The first kappa shape index (κ1) is 20.2. The zero-order valence-electron chi connectivity index (χ0n) is 17.8. The van der Waals surface area contributed by atoms with Crippen LogP contribution < -0.4 is 5.32 Å². The second-order valence-electron chi connectivity index (χ2n) is 8.23. The Hall–Kier alpha value is -2.77. The van der Waals surface area contributed by atoms with Gasteiger partial charge in [-0.15, -0.1) is 11.3 Å². The molecule has 160 valence electrons. The number of aliphatic imine (C=N–C) groups is 1. The fourth-order valence-electron chi connectivity index (χ4n) is 4.28. The molecule has 31 heavy (non-hydrogen) atoms. The third kappa shape index (κ3) is 4.20. The smallest absolute Gasteiger partial charge is 0.158 e. The molecule has 0 bridgehead atoms. The number of nitrogens with zero attached hydrogens (tertiary/aromatic N) is 4. The molecule has 5 rings (SSSR count). The minimum atomic E-state index is -0.181. The second kappa shape index (κ2) is 8.40.